The highest BCUT2D eigenvalue weighted by Crippen LogP contribution is 2.24. The number of amides is 2. The topological polar surface area (TPSA) is 85.2 Å². The van der Waals surface area contributed by atoms with Crippen LogP contribution in [0.2, 0.25) is 0 Å². The van der Waals surface area contributed by atoms with Gasteiger partial charge in [0.25, 0.3) is 5.56 Å². The number of aromatic nitrogens is 2. The average molecular weight is 390 g/mol. The van der Waals surface area contributed by atoms with Gasteiger partial charge in [-0.2, -0.15) is 0 Å². The van der Waals surface area contributed by atoms with Crippen LogP contribution in [0.3, 0.4) is 0 Å². The van der Waals surface area contributed by atoms with Crippen LogP contribution in [0.5, 0.6) is 5.75 Å². The van der Waals surface area contributed by atoms with Crippen molar-refractivity contribution >= 4 is 17.5 Å². The van der Waals surface area contributed by atoms with Crippen molar-refractivity contribution in [3.05, 3.63) is 76.3 Å². The molecule has 1 aliphatic carbocycles. The van der Waals surface area contributed by atoms with Gasteiger partial charge in [0.2, 0.25) is 5.82 Å². The van der Waals surface area contributed by atoms with Gasteiger partial charge in [0.05, 0.1) is 6.61 Å². The highest BCUT2D eigenvalue weighted by Gasteiger charge is 2.14. The molecule has 0 fully saturated rings. The number of aryl methyl sites for hydroxylation is 2. The Morgan fingerprint density at radius 2 is 1.90 bits per heavy atom. The number of nitrogens with one attached hydrogen (secondary N) is 2. The van der Waals surface area contributed by atoms with Gasteiger partial charge in [-0.25, -0.2) is 9.78 Å². The summed E-state index contributed by atoms with van der Waals surface area (Å²) in [5.41, 5.74) is 3.58. The minimum atomic E-state index is -0.537. The van der Waals surface area contributed by atoms with Crippen LogP contribution in [0.15, 0.2) is 59.7 Å². The Labute approximate surface area is 168 Å². The second kappa shape index (κ2) is 8.18. The van der Waals surface area contributed by atoms with Gasteiger partial charge in [0.1, 0.15) is 5.75 Å². The number of carbonyl (C=O) groups is 1. The molecule has 1 aromatic heterocycles. The molecule has 0 aliphatic heterocycles. The number of hydrogen-bond donors (Lipinski definition) is 2. The van der Waals surface area contributed by atoms with Gasteiger partial charge in [0, 0.05) is 23.8 Å². The smallest absolute Gasteiger partial charge is 0.325 e. The first-order valence-corrected chi connectivity index (χ1v) is 9.65. The Morgan fingerprint density at radius 1 is 1.10 bits per heavy atom. The predicted octanol–water partition coefficient (Wildman–Crippen LogP) is 3.76. The van der Waals surface area contributed by atoms with E-state index in [1.165, 1.54) is 21.9 Å². The number of nitrogens with zero attached hydrogens (tertiary/aromatic N) is 2. The molecule has 0 spiro atoms. The van der Waals surface area contributed by atoms with Crippen LogP contribution >= 0.6 is 0 Å². The lowest BCUT2D eigenvalue weighted by molar-refractivity contribution is 0.262. The summed E-state index contributed by atoms with van der Waals surface area (Å²) in [6, 6.07) is 12.5. The number of anilines is 2. The molecular weight excluding hydrogens is 368 g/mol. The number of hydrogen-bond acceptors (Lipinski definition) is 4. The minimum absolute atomic E-state index is 0.0311. The fourth-order valence-corrected chi connectivity index (χ4v) is 3.48. The third-order valence-corrected chi connectivity index (χ3v) is 4.86. The summed E-state index contributed by atoms with van der Waals surface area (Å²) in [4.78, 5) is 29.2. The molecular formula is C22H22N4O3. The normalized spacial score (nSPS) is 12.3. The first-order chi connectivity index (χ1) is 14.1. The lowest BCUT2D eigenvalue weighted by atomic mass is 10.1. The van der Waals surface area contributed by atoms with E-state index in [4.69, 9.17) is 4.74 Å². The van der Waals surface area contributed by atoms with Crippen LogP contribution in [0.1, 0.15) is 24.5 Å². The van der Waals surface area contributed by atoms with Crippen molar-refractivity contribution < 1.29 is 9.53 Å². The Morgan fingerprint density at radius 3 is 2.69 bits per heavy atom. The van der Waals surface area contributed by atoms with Crippen molar-refractivity contribution in [1.29, 1.82) is 0 Å². The summed E-state index contributed by atoms with van der Waals surface area (Å²) in [6.45, 7) is 2.48. The second-order valence-electron chi connectivity index (χ2n) is 6.79. The molecule has 0 radical (unpaired) electrons. The zero-order valence-electron chi connectivity index (χ0n) is 16.1. The molecule has 2 aromatic carbocycles. The van der Waals surface area contributed by atoms with Gasteiger partial charge in [-0.15, -0.1) is 0 Å². The number of urea groups is 1. The van der Waals surface area contributed by atoms with Gasteiger partial charge < -0.3 is 10.1 Å². The first kappa shape index (κ1) is 18.7. The van der Waals surface area contributed by atoms with Crippen molar-refractivity contribution in [2.45, 2.75) is 26.2 Å². The van der Waals surface area contributed by atoms with E-state index in [1.807, 2.05) is 19.1 Å². The monoisotopic (exact) mass is 390 g/mol. The van der Waals surface area contributed by atoms with Gasteiger partial charge in [0.15, 0.2) is 0 Å². The van der Waals surface area contributed by atoms with E-state index in [0.717, 1.165) is 30.7 Å². The van der Waals surface area contributed by atoms with Gasteiger partial charge in [-0.05, 0) is 73.7 Å². The number of benzene rings is 2. The molecule has 0 saturated carbocycles. The molecule has 7 heteroatoms. The molecule has 0 unspecified atom stereocenters. The molecule has 1 aliphatic rings. The first-order valence-electron chi connectivity index (χ1n) is 9.65. The van der Waals surface area contributed by atoms with E-state index in [0.29, 0.717) is 12.3 Å². The quantitative estimate of drug-likeness (QED) is 0.695. The Bertz CT molecular complexity index is 1090. The number of carbonyl (C=O) groups excluding carboxylic acids is 1. The largest absolute Gasteiger partial charge is 0.494 e. The predicted molar refractivity (Wildman–Crippen MR) is 112 cm³/mol. The molecule has 0 bridgehead atoms. The number of rotatable bonds is 5. The zero-order valence-corrected chi connectivity index (χ0v) is 16.1. The maximum absolute atomic E-state index is 12.8. The van der Waals surface area contributed by atoms with Crippen LogP contribution in [-0.4, -0.2) is 22.2 Å². The zero-order chi connectivity index (χ0) is 20.2. The van der Waals surface area contributed by atoms with Gasteiger partial charge in [-0.1, -0.05) is 6.07 Å². The number of fused-ring (bicyclic) bond motifs is 1. The van der Waals surface area contributed by atoms with Crippen molar-refractivity contribution in [3.8, 4) is 11.4 Å². The maximum atomic E-state index is 12.8. The fraction of sp³-hybridized carbons (Fsp3) is 0.227. The van der Waals surface area contributed by atoms with E-state index < -0.39 is 6.03 Å². The van der Waals surface area contributed by atoms with E-state index >= 15 is 0 Å². The molecule has 4 rings (SSSR count). The van der Waals surface area contributed by atoms with Crippen LogP contribution < -0.4 is 20.9 Å². The van der Waals surface area contributed by atoms with Gasteiger partial charge in [-0.3, -0.25) is 14.7 Å². The maximum Gasteiger partial charge on any atom is 0.325 e. The van der Waals surface area contributed by atoms with E-state index in [9.17, 15) is 9.59 Å². The molecule has 2 amide bonds. The van der Waals surface area contributed by atoms with E-state index in [-0.39, 0.29) is 11.4 Å². The summed E-state index contributed by atoms with van der Waals surface area (Å²) in [6.07, 6.45) is 6.36. The van der Waals surface area contributed by atoms with Crippen LogP contribution in [0.25, 0.3) is 5.69 Å². The molecule has 0 atom stereocenters. The summed E-state index contributed by atoms with van der Waals surface area (Å²) >= 11 is 0. The second-order valence-corrected chi connectivity index (χ2v) is 6.79. The highest BCUT2D eigenvalue weighted by atomic mass is 16.5. The summed E-state index contributed by atoms with van der Waals surface area (Å²) in [7, 11) is 0. The Balaban J connectivity index is 1.50. The van der Waals surface area contributed by atoms with Crippen molar-refractivity contribution in [2.24, 2.45) is 0 Å². The van der Waals surface area contributed by atoms with Crippen LogP contribution in [0.4, 0.5) is 16.3 Å². The van der Waals surface area contributed by atoms with Crippen molar-refractivity contribution in [2.75, 3.05) is 17.2 Å². The third kappa shape index (κ3) is 4.13. The lowest BCUT2D eigenvalue weighted by Gasteiger charge is -2.11. The van der Waals surface area contributed by atoms with Crippen molar-refractivity contribution in [1.82, 2.24) is 9.55 Å². The van der Waals surface area contributed by atoms with Crippen LogP contribution in [-0.2, 0) is 12.8 Å². The molecule has 1 heterocycles. The van der Waals surface area contributed by atoms with E-state index in [2.05, 4.69) is 21.7 Å². The minimum Gasteiger partial charge on any atom is -0.494 e. The molecule has 3 aromatic rings. The standard InChI is InChI=1S/C22H22N4O3/c1-2-29-19-10-7-17(8-11-19)24-22(28)25-20-21(27)26(13-12-23-20)18-9-6-15-4-3-5-16(15)14-18/h6-14H,2-5H2,1H3,(H2,23,24,25,28). The lowest BCUT2D eigenvalue weighted by Crippen LogP contribution is -2.28. The molecule has 29 heavy (non-hydrogen) atoms. The van der Waals surface area contributed by atoms with E-state index in [1.54, 1.807) is 30.5 Å². The highest BCUT2D eigenvalue weighted by molar-refractivity contribution is 5.99. The van der Waals surface area contributed by atoms with Gasteiger partial charge >= 0.3 is 6.03 Å². The summed E-state index contributed by atoms with van der Waals surface area (Å²) in [5, 5.41) is 5.22. The Kier molecular flexibility index (Phi) is 5.29. The molecule has 148 valence electrons. The number of ether oxygens (including phenoxy) is 1. The summed E-state index contributed by atoms with van der Waals surface area (Å²) < 4.78 is 6.88. The fourth-order valence-electron chi connectivity index (χ4n) is 3.48. The van der Waals surface area contributed by atoms with Crippen LogP contribution in [0, 0.1) is 0 Å². The molecule has 7 nitrogen and oxygen atoms in total. The summed E-state index contributed by atoms with van der Waals surface area (Å²) in [5.74, 6) is 0.692. The SMILES string of the molecule is CCOc1ccc(NC(=O)Nc2nccn(-c3ccc4c(c3)CCC4)c2=O)cc1. The van der Waals surface area contributed by atoms with Crippen molar-refractivity contribution in [3.63, 3.8) is 0 Å². The third-order valence-electron chi connectivity index (χ3n) is 4.86. The molecule has 0 saturated heterocycles. The average Bonchev–Trinajstić information content (AvgIpc) is 3.19. The Hall–Kier alpha value is -3.61. The molecule has 2 N–H and O–H groups in total.